The average Bonchev–Trinajstić information content (AvgIpc) is 3.16. The van der Waals surface area contributed by atoms with Crippen LogP contribution in [0, 0.1) is 5.92 Å². The van der Waals surface area contributed by atoms with Crippen molar-refractivity contribution in [3.8, 4) is 0 Å². The number of hydrogen-bond donors (Lipinski definition) is 1. The molecule has 122 valence electrons. The molecule has 0 aromatic carbocycles. The zero-order valence-corrected chi connectivity index (χ0v) is 13.8. The molecule has 1 amide bonds. The van der Waals surface area contributed by atoms with Gasteiger partial charge in [-0.3, -0.25) is 9.69 Å². The molecule has 1 saturated heterocycles. The average molecular weight is 317 g/mol. The highest BCUT2D eigenvalue weighted by Gasteiger charge is 2.36. The third-order valence-electron chi connectivity index (χ3n) is 4.67. The molecule has 0 spiro atoms. The quantitative estimate of drug-likeness (QED) is 0.696. The van der Waals surface area contributed by atoms with E-state index in [-0.39, 0.29) is 29.5 Å². The molecule has 2 rings (SSSR count). The Bertz CT molecular complexity index is 476. The molecule has 1 aliphatic heterocycles. The molecule has 2 unspecified atom stereocenters. The van der Waals surface area contributed by atoms with Crippen LogP contribution >= 0.6 is 0 Å². The van der Waals surface area contributed by atoms with Gasteiger partial charge in [-0.1, -0.05) is 0 Å². The Morgan fingerprint density at radius 2 is 2.00 bits per heavy atom. The van der Waals surface area contributed by atoms with E-state index in [0.29, 0.717) is 32.0 Å². The van der Waals surface area contributed by atoms with Crippen molar-refractivity contribution in [2.45, 2.75) is 38.3 Å². The first-order valence-corrected chi connectivity index (χ1v) is 9.60. The third-order valence-corrected chi connectivity index (χ3v) is 6.42. The lowest BCUT2D eigenvalue weighted by atomic mass is 10.1. The van der Waals surface area contributed by atoms with Crippen molar-refractivity contribution in [3.05, 3.63) is 0 Å². The fourth-order valence-corrected chi connectivity index (χ4v) is 5.02. The molecule has 0 aromatic rings. The maximum atomic E-state index is 12.5. The lowest BCUT2D eigenvalue weighted by Gasteiger charge is -2.32. The standard InChI is InChI=1S/C14H27N3O3S/c1-3-17(12-6-7-21(19,20)10-12)14(18)9-16(2)13(8-15)11-4-5-11/h11-13H,3-10,15H2,1-2H3. The van der Waals surface area contributed by atoms with Gasteiger partial charge < -0.3 is 10.6 Å². The van der Waals surface area contributed by atoms with Crippen LogP contribution < -0.4 is 5.73 Å². The van der Waals surface area contributed by atoms with E-state index in [2.05, 4.69) is 0 Å². The van der Waals surface area contributed by atoms with Crippen LogP contribution in [0.5, 0.6) is 0 Å². The van der Waals surface area contributed by atoms with Crippen molar-refractivity contribution >= 4 is 15.7 Å². The van der Waals surface area contributed by atoms with Crippen LogP contribution in [0.4, 0.5) is 0 Å². The molecule has 0 bridgehead atoms. The van der Waals surface area contributed by atoms with Gasteiger partial charge in [-0.2, -0.15) is 0 Å². The van der Waals surface area contributed by atoms with Gasteiger partial charge in [0, 0.05) is 25.2 Å². The zero-order chi connectivity index (χ0) is 15.6. The summed E-state index contributed by atoms with van der Waals surface area (Å²) < 4.78 is 23.2. The highest BCUT2D eigenvalue weighted by atomic mass is 32.2. The molecule has 7 heteroatoms. The summed E-state index contributed by atoms with van der Waals surface area (Å²) in [4.78, 5) is 16.3. The number of rotatable bonds is 7. The number of likely N-dealkylation sites (N-methyl/N-ethyl adjacent to an activating group) is 2. The summed E-state index contributed by atoms with van der Waals surface area (Å²) in [6.07, 6.45) is 2.95. The Balaban J connectivity index is 1.93. The van der Waals surface area contributed by atoms with Crippen molar-refractivity contribution in [3.63, 3.8) is 0 Å². The number of amides is 1. The smallest absolute Gasteiger partial charge is 0.237 e. The molecule has 2 aliphatic rings. The van der Waals surface area contributed by atoms with Crippen LogP contribution in [-0.2, 0) is 14.6 Å². The Labute approximate surface area is 127 Å². The van der Waals surface area contributed by atoms with Gasteiger partial charge in [0.1, 0.15) is 0 Å². The summed E-state index contributed by atoms with van der Waals surface area (Å²) >= 11 is 0. The predicted octanol–water partition coefficient (Wildman–Crippen LogP) is -0.309. The van der Waals surface area contributed by atoms with Crippen LogP contribution in [0.2, 0.25) is 0 Å². The van der Waals surface area contributed by atoms with Crippen molar-refractivity contribution in [1.82, 2.24) is 9.80 Å². The van der Waals surface area contributed by atoms with E-state index in [1.807, 2.05) is 18.9 Å². The number of sulfone groups is 1. The molecule has 1 saturated carbocycles. The number of nitrogens with two attached hydrogens (primary N) is 1. The van der Waals surface area contributed by atoms with E-state index < -0.39 is 9.84 Å². The predicted molar refractivity (Wildman–Crippen MR) is 82.6 cm³/mol. The van der Waals surface area contributed by atoms with Gasteiger partial charge in [-0.25, -0.2) is 8.42 Å². The normalized spacial score (nSPS) is 26.0. The number of carbonyl (C=O) groups is 1. The van der Waals surface area contributed by atoms with Crippen molar-refractivity contribution in [2.75, 3.05) is 38.2 Å². The van der Waals surface area contributed by atoms with Crippen molar-refractivity contribution < 1.29 is 13.2 Å². The Hall–Kier alpha value is -0.660. The minimum absolute atomic E-state index is 0.0150. The monoisotopic (exact) mass is 317 g/mol. The molecule has 1 aliphatic carbocycles. The lowest BCUT2D eigenvalue weighted by Crippen LogP contribution is -2.49. The number of carbonyl (C=O) groups excluding carboxylic acids is 1. The van der Waals surface area contributed by atoms with Crippen LogP contribution in [0.15, 0.2) is 0 Å². The second-order valence-corrected chi connectivity index (χ2v) is 8.52. The first kappa shape index (κ1) is 16.7. The first-order valence-electron chi connectivity index (χ1n) is 7.78. The maximum Gasteiger partial charge on any atom is 0.237 e. The fourth-order valence-electron chi connectivity index (χ4n) is 3.29. The van der Waals surface area contributed by atoms with E-state index in [1.165, 1.54) is 12.8 Å². The summed E-state index contributed by atoms with van der Waals surface area (Å²) in [6.45, 7) is 3.36. The Kier molecular flexibility index (Phi) is 5.27. The lowest BCUT2D eigenvalue weighted by molar-refractivity contribution is -0.134. The molecular weight excluding hydrogens is 290 g/mol. The molecule has 0 radical (unpaired) electrons. The topological polar surface area (TPSA) is 83.7 Å². The fraction of sp³-hybridized carbons (Fsp3) is 0.929. The van der Waals surface area contributed by atoms with Gasteiger partial charge in [0.2, 0.25) is 5.91 Å². The van der Waals surface area contributed by atoms with Gasteiger partial charge in [-0.15, -0.1) is 0 Å². The van der Waals surface area contributed by atoms with Crippen molar-refractivity contribution in [2.24, 2.45) is 11.7 Å². The highest BCUT2D eigenvalue weighted by Crippen LogP contribution is 2.34. The first-order chi connectivity index (χ1) is 9.88. The summed E-state index contributed by atoms with van der Waals surface area (Å²) in [5.41, 5.74) is 5.81. The molecule has 2 N–H and O–H groups in total. The number of nitrogens with zero attached hydrogens (tertiary/aromatic N) is 2. The van der Waals surface area contributed by atoms with E-state index in [4.69, 9.17) is 5.73 Å². The van der Waals surface area contributed by atoms with E-state index in [9.17, 15) is 13.2 Å². The van der Waals surface area contributed by atoms with Crippen LogP contribution in [-0.4, -0.2) is 74.4 Å². The van der Waals surface area contributed by atoms with Crippen LogP contribution in [0.1, 0.15) is 26.2 Å². The van der Waals surface area contributed by atoms with Crippen LogP contribution in [0.3, 0.4) is 0 Å². The summed E-state index contributed by atoms with van der Waals surface area (Å²) in [7, 11) is -1.03. The Morgan fingerprint density at radius 1 is 1.33 bits per heavy atom. The maximum absolute atomic E-state index is 12.5. The molecule has 2 atom stereocenters. The molecule has 2 fully saturated rings. The van der Waals surface area contributed by atoms with E-state index >= 15 is 0 Å². The largest absolute Gasteiger partial charge is 0.338 e. The second kappa shape index (κ2) is 6.62. The van der Waals surface area contributed by atoms with Gasteiger partial charge in [-0.05, 0) is 39.2 Å². The van der Waals surface area contributed by atoms with E-state index in [0.717, 1.165) is 0 Å². The number of hydrogen-bond acceptors (Lipinski definition) is 5. The molecular formula is C14H27N3O3S. The van der Waals surface area contributed by atoms with Gasteiger partial charge >= 0.3 is 0 Å². The minimum atomic E-state index is -2.96. The molecule has 21 heavy (non-hydrogen) atoms. The van der Waals surface area contributed by atoms with Gasteiger partial charge in [0.25, 0.3) is 0 Å². The third kappa shape index (κ3) is 4.17. The van der Waals surface area contributed by atoms with Crippen molar-refractivity contribution in [1.29, 1.82) is 0 Å². The summed E-state index contributed by atoms with van der Waals surface area (Å²) in [5.74, 6) is 0.945. The Morgan fingerprint density at radius 3 is 2.43 bits per heavy atom. The highest BCUT2D eigenvalue weighted by molar-refractivity contribution is 7.91. The SMILES string of the molecule is CCN(C(=O)CN(C)C(CN)C1CC1)C1CCS(=O)(=O)C1. The second-order valence-electron chi connectivity index (χ2n) is 6.29. The summed E-state index contributed by atoms with van der Waals surface area (Å²) in [6, 6.07) is 0.109. The summed E-state index contributed by atoms with van der Waals surface area (Å²) in [5, 5.41) is 0. The van der Waals surface area contributed by atoms with Crippen LogP contribution in [0.25, 0.3) is 0 Å². The van der Waals surface area contributed by atoms with Gasteiger partial charge in [0.05, 0.1) is 18.1 Å². The van der Waals surface area contributed by atoms with E-state index in [1.54, 1.807) is 4.90 Å². The molecule has 1 heterocycles. The molecule has 6 nitrogen and oxygen atoms in total. The molecule has 0 aromatic heterocycles. The minimum Gasteiger partial charge on any atom is -0.338 e. The zero-order valence-electron chi connectivity index (χ0n) is 13.0. The van der Waals surface area contributed by atoms with Gasteiger partial charge in [0.15, 0.2) is 9.84 Å².